The molecule has 3 heteroatoms. The minimum absolute atomic E-state index is 0.355. The van der Waals surface area contributed by atoms with E-state index in [0.717, 1.165) is 12.8 Å². The Morgan fingerprint density at radius 3 is 2.60 bits per heavy atom. The lowest BCUT2D eigenvalue weighted by atomic mass is 10.3. The van der Waals surface area contributed by atoms with Crippen LogP contribution >= 0.6 is 0 Å². The van der Waals surface area contributed by atoms with Gasteiger partial charge in [-0.2, -0.15) is 0 Å². The molecule has 0 spiro atoms. The summed E-state index contributed by atoms with van der Waals surface area (Å²) in [5.41, 5.74) is 0. The normalized spacial score (nSPS) is 11.6. The first kappa shape index (κ1) is 9.62. The second kappa shape index (κ2) is 6.74. The van der Waals surface area contributed by atoms with E-state index in [1.54, 1.807) is 0 Å². The van der Waals surface area contributed by atoms with Gasteiger partial charge in [0, 0.05) is 0 Å². The second-order valence-corrected chi connectivity index (χ2v) is 1.87. The summed E-state index contributed by atoms with van der Waals surface area (Å²) in [5.74, 6) is 0. The maximum atomic E-state index is 8.22. The third-order valence-electron chi connectivity index (χ3n) is 0.954. The standard InChI is InChI=1S/C7H14O3/c1-2-3-4-5-6-10-7(8)9/h3-4,7-9H,2,5-6H2,1H3/b4-3-. The molecule has 0 aromatic carbocycles. The summed E-state index contributed by atoms with van der Waals surface area (Å²) in [4.78, 5) is 0. The van der Waals surface area contributed by atoms with Crippen LogP contribution in [0.3, 0.4) is 0 Å². The number of hydrogen-bond donors (Lipinski definition) is 2. The van der Waals surface area contributed by atoms with Gasteiger partial charge in [0.2, 0.25) is 0 Å². The average molecular weight is 146 g/mol. The summed E-state index contributed by atoms with van der Waals surface area (Å²) in [7, 11) is 0. The van der Waals surface area contributed by atoms with Crippen molar-refractivity contribution in [2.24, 2.45) is 0 Å². The van der Waals surface area contributed by atoms with Gasteiger partial charge in [-0.3, -0.25) is 0 Å². The fourth-order valence-corrected chi connectivity index (χ4v) is 0.526. The number of aliphatic hydroxyl groups excluding tert-OH is 1. The molecule has 0 saturated carbocycles. The van der Waals surface area contributed by atoms with Crippen molar-refractivity contribution in [3.05, 3.63) is 12.2 Å². The third-order valence-corrected chi connectivity index (χ3v) is 0.954. The summed E-state index contributed by atoms with van der Waals surface area (Å²) >= 11 is 0. The lowest BCUT2D eigenvalue weighted by Crippen LogP contribution is -2.10. The molecule has 0 aliphatic carbocycles. The Morgan fingerprint density at radius 2 is 2.10 bits per heavy atom. The van der Waals surface area contributed by atoms with Crippen molar-refractivity contribution in [1.29, 1.82) is 0 Å². The van der Waals surface area contributed by atoms with Crippen LogP contribution in [0.4, 0.5) is 0 Å². The molecule has 0 aliphatic rings. The van der Waals surface area contributed by atoms with Crippen LogP contribution in [-0.2, 0) is 4.74 Å². The van der Waals surface area contributed by atoms with Gasteiger partial charge in [-0.15, -0.1) is 0 Å². The number of aliphatic hydroxyl groups is 2. The van der Waals surface area contributed by atoms with E-state index >= 15 is 0 Å². The zero-order valence-corrected chi connectivity index (χ0v) is 6.16. The molecule has 0 atom stereocenters. The summed E-state index contributed by atoms with van der Waals surface area (Å²) in [5, 5.41) is 16.4. The molecule has 0 radical (unpaired) electrons. The SMILES string of the molecule is CC/C=C\CCOC(O)O. The number of rotatable bonds is 5. The van der Waals surface area contributed by atoms with Crippen LogP contribution in [-0.4, -0.2) is 23.3 Å². The van der Waals surface area contributed by atoms with Crippen molar-refractivity contribution < 1.29 is 14.9 Å². The third kappa shape index (κ3) is 7.62. The van der Waals surface area contributed by atoms with E-state index in [1.165, 1.54) is 0 Å². The fourth-order valence-electron chi connectivity index (χ4n) is 0.526. The van der Waals surface area contributed by atoms with E-state index in [1.807, 2.05) is 19.1 Å². The van der Waals surface area contributed by atoms with E-state index in [4.69, 9.17) is 10.2 Å². The zero-order valence-electron chi connectivity index (χ0n) is 6.16. The van der Waals surface area contributed by atoms with Gasteiger partial charge in [0.25, 0.3) is 6.48 Å². The first-order valence-electron chi connectivity index (χ1n) is 3.40. The zero-order chi connectivity index (χ0) is 7.82. The van der Waals surface area contributed by atoms with Crippen molar-refractivity contribution in [2.45, 2.75) is 26.2 Å². The monoisotopic (exact) mass is 146 g/mol. The molecule has 0 heterocycles. The van der Waals surface area contributed by atoms with E-state index in [-0.39, 0.29) is 0 Å². The summed E-state index contributed by atoms with van der Waals surface area (Å²) < 4.78 is 4.45. The maximum absolute atomic E-state index is 8.22. The van der Waals surface area contributed by atoms with Gasteiger partial charge in [-0.25, -0.2) is 0 Å². The van der Waals surface area contributed by atoms with Crippen molar-refractivity contribution >= 4 is 0 Å². The highest BCUT2D eigenvalue weighted by atomic mass is 16.7. The molecule has 0 rings (SSSR count). The van der Waals surface area contributed by atoms with Crippen LogP contribution in [0.15, 0.2) is 12.2 Å². The summed E-state index contributed by atoms with van der Waals surface area (Å²) in [6, 6.07) is 0. The van der Waals surface area contributed by atoms with E-state index in [0.29, 0.717) is 6.61 Å². The van der Waals surface area contributed by atoms with Gasteiger partial charge < -0.3 is 14.9 Å². The molecule has 0 amide bonds. The van der Waals surface area contributed by atoms with Crippen LogP contribution in [0.1, 0.15) is 19.8 Å². The second-order valence-electron chi connectivity index (χ2n) is 1.87. The molecule has 0 fully saturated rings. The van der Waals surface area contributed by atoms with E-state index < -0.39 is 6.48 Å². The molecule has 2 N–H and O–H groups in total. The Kier molecular flexibility index (Phi) is 6.48. The first-order chi connectivity index (χ1) is 4.77. The molecule has 0 saturated heterocycles. The number of allylic oxidation sites excluding steroid dienone is 1. The van der Waals surface area contributed by atoms with Crippen LogP contribution in [0.25, 0.3) is 0 Å². The predicted molar refractivity (Wildman–Crippen MR) is 38.2 cm³/mol. The highest BCUT2D eigenvalue weighted by Gasteiger charge is 1.91. The van der Waals surface area contributed by atoms with Gasteiger partial charge >= 0.3 is 0 Å². The van der Waals surface area contributed by atoms with Crippen LogP contribution in [0, 0.1) is 0 Å². The van der Waals surface area contributed by atoms with Crippen LogP contribution in [0.5, 0.6) is 0 Å². The Bertz CT molecular complexity index is 88.9. The van der Waals surface area contributed by atoms with Gasteiger partial charge in [0.05, 0.1) is 6.61 Å². The Balaban J connectivity index is 2.97. The largest absolute Gasteiger partial charge is 0.346 e. The molecule has 0 bridgehead atoms. The van der Waals surface area contributed by atoms with Crippen molar-refractivity contribution in [1.82, 2.24) is 0 Å². The molecule has 0 aromatic heterocycles. The minimum Gasteiger partial charge on any atom is -0.346 e. The smallest absolute Gasteiger partial charge is 0.266 e. The minimum atomic E-state index is -1.63. The van der Waals surface area contributed by atoms with Crippen molar-refractivity contribution in [3.63, 3.8) is 0 Å². The molecule has 60 valence electrons. The van der Waals surface area contributed by atoms with Crippen LogP contribution < -0.4 is 0 Å². The summed E-state index contributed by atoms with van der Waals surface area (Å²) in [6.45, 7) is 0.766. The Labute approximate surface area is 60.9 Å². The molecule has 0 aliphatic heterocycles. The molecular weight excluding hydrogens is 132 g/mol. The Hall–Kier alpha value is -0.380. The molecular formula is C7H14O3. The number of ether oxygens (including phenoxy) is 1. The topological polar surface area (TPSA) is 49.7 Å². The number of hydrogen-bond acceptors (Lipinski definition) is 3. The fraction of sp³-hybridized carbons (Fsp3) is 0.714. The highest BCUT2D eigenvalue weighted by molar-refractivity contribution is 4.79. The predicted octanol–water partition coefficient (Wildman–Crippen LogP) is 0.627. The summed E-state index contributed by atoms with van der Waals surface area (Å²) in [6.07, 6.45) is 5.68. The lowest BCUT2D eigenvalue weighted by molar-refractivity contribution is -0.232. The Morgan fingerprint density at radius 1 is 1.40 bits per heavy atom. The van der Waals surface area contributed by atoms with Crippen molar-refractivity contribution in [3.8, 4) is 0 Å². The van der Waals surface area contributed by atoms with Crippen molar-refractivity contribution in [2.75, 3.05) is 6.61 Å². The maximum Gasteiger partial charge on any atom is 0.266 e. The molecule has 10 heavy (non-hydrogen) atoms. The van der Waals surface area contributed by atoms with E-state index in [2.05, 4.69) is 4.74 Å². The quantitative estimate of drug-likeness (QED) is 0.340. The lowest BCUT2D eigenvalue weighted by Gasteiger charge is -2.01. The molecule has 0 aromatic rings. The highest BCUT2D eigenvalue weighted by Crippen LogP contribution is 1.89. The van der Waals surface area contributed by atoms with Crippen LogP contribution in [0.2, 0.25) is 0 Å². The first-order valence-corrected chi connectivity index (χ1v) is 3.40. The van der Waals surface area contributed by atoms with Gasteiger partial charge in [0.1, 0.15) is 0 Å². The average Bonchev–Trinajstić information content (AvgIpc) is 1.87. The molecule has 3 nitrogen and oxygen atoms in total. The van der Waals surface area contributed by atoms with Gasteiger partial charge in [0.15, 0.2) is 0 Å². The molecule has 0 unspecified atom stereocenters. The van der Waals surface area contributed by atoms with Gasteiger partial charge in [-0.1, -0.05) is 19.1 Å². The van der Waals surface area contributed by atoms with E-state index in [9.17, 15) is 0 Å². The van der Waals surface area contributed by atoms with Gasteiger partial charge in [-0.05, 0) is 12.8 Å².